The second-order valence-corrected chi connectivity index (χ2v) is 10.5. The molecule has 0 N–H and O–H groups in total. The SMILES string of the molecule is CN(C)C=C(C(=O)C1CCN(C(=O)OC(C)(C)C)CC1)C(=O)N1CC(c2ccccc2)C(F)(F)C1. The van der Waals surface area contributed by atoms with Crippen LogP contribution >= 0.6 is 0 Å². The maximum Gasteiger partial charge on any atom is 0.410 e. The first-order valence-electron chi connectivity index (χ1n) is 11.9. The van der Waals surface area contributed by atoms with Crippen molar-refractivity contribution in [2.75, 3.05) is 40.3 Å². The van der Waals surface area contributed by atoms with Crippen molar-refractivity contribution in [1.82, 2.24) is 14.7 Å². The summed E-state index contributed by atoms with van der Waals surface area (Å²) in [6.07, 6.45) is 1.73. The largest absolute Gasteiger partial charge is 0.444 e. The van der Waals surface area contributed by atoms with Crippen LogP contribution in [-0.4, -0.2) is 84.3 Å². The molecule has 0 radical (unpaired) electrons. The van der Waals surface area contributed by atoms with Crippen molar-refractivity contribution in [2.24, 2.45) is 5.92 Å². The predicted octanol–water partition coefficient (Wildman–Crippen LogP) is 3.91. The van der Waals surface area contributed by atoms with Gasteiger partial charge >= 0.3 is 6.09 Å². The van der Waals surface area contributed by atoms with Gasteiger partial charge in [0.25, 0.3) is 11.8 Å². The van der Waals surface area contributed by atoms with Crippen molar-refractivity contribution in [1.29, 1.82) is 0 Å². The first-order chi connectivity index (χ1) is 16.3. The van der Waals surface area contributed by atoms with E-state index in [-0.39, 0.29) is 17.9 Å². The van der Waals surface area contributed by atoms with E-state index >= 15 is 0 Å². The Morgan fingerprint density at radius 1 is 1.06 bits per heavy atom. The topological polar surface area (TPSA) is 70.2 Å². The summed E-state index contributed by atoms with van der Waals surface area (Å²) >= 11 is 0. The van der Waals surface area contributed by atoms with Crippen LogP contribution in [0.4, 0.5) is 13.6 Å². The monoisotopic (exact) mass is 491 g/mol. The number of ketones is 1. The molecule has 7 nitrogen and oxygen atoms in total. The molecule has 1 aromatic rings. The van der Waals surface area contributed by atoms with Gasteiger partial charge < -0.3 is 19.4 Å². The Bertz CT molecular complexity index is 965. The van der Waals surface area contributed by atoms with Crippen molar-refractivity contribution < 1.29 is 27.9 Å². The number of piperidine rings is 1. The summed E-state index contributed by atoms with van der Waals surface area (Å²) in [5.74, 6) is -5.75. The summed E-state index contributed by atoms with van der Waals surface area (Å²) < 4.78 is 35.1. The van der Waals surface area contributed by atoms with Crippen LogP contribution in [0.5, 0.6) is 0 Å². The first kappa shape index (κ1) is 26.6. The number of carbonyl (C=O) groups is 3. The number of amides is 2. The molecule has 0 spiro atoms. The number of alkyl halides is 2. The Labute approximate surface area is 205 Å². The lowest BCUT2D eigenvalue weighted by atomic mass is 9.88. The third kappa shape index (κ3) is 6.58. The third-order valence-corrected chi connectivity index (χ3v) is 6.20. The maximum absolute atomic E-state index is 14.9. The number of benzene rings is 1. The summed E-state index contributed by atoms with van der Waals surface area (Å²) in [5.41, 5.74) is -0.255. The van der Waals surface area contributed by atoms with E-state index in [2.05, 4.69) is 0 Å². The number of ether oxygens (including phenoxy) is 1. The van der Waals surface area contributed by atoms with E-state index in [0.29, 0.717) is 31.5 Å². The highest BCUT2D eigenvalue weighted by Gasteiger charge is 2.51. The Hall–Kier alpha value is -2.97. The molecule has 2 amide bonds. The van der Waals surface area contributed by atoms with Crippen molar-refractivity contribution in [2.45, 2.75) is 51.1 Å². The van der Waals surface area contributed by atoms with Crippen molar-refractivity contribution in [3.8, 4) is 0 Å². The molecule has 1 aromatic carbocycles. The first-order valence-corrected chi connectivity index (χ1v) is 11.9. The van der Waals surface area contributed by atoms with Gasteiger partial charge in [-0.3, -0.25) is 9.59 Å². The van der Waals surface area contributed by atoms with E-state index < -0.39 is 41.9 Å². The number of hydrogen-bond donors (Lipinski definition) is 0. The van der Waals surface area contributed by atoms with Gasteiger partial charge in [0.1, 0.15) is 5.60 Å². The van der Waals surface area contributed by atoms with E-state index in [1.807, 2.05) is 0 Å². The molecule has 2 saturated heterocycles. The lowest BCUT2D eigenvalue weighted by molar-refractivity contribution is -0.131. The smallest absolute Gasteiger partial charge is 0.410 e. The summed E-state index contributed by atoms with van der Waals surface area (Å²) in [6, 6.07) is 8.41. The lowest BCUT2D eigenvalue weighted by Crippen LogP contribution is -2.44. The van der Waals surface area contributed by atoms with Crippen LogP contribution in [0.1, 0.15) is 45.1 Å². The highest BCUT2D eigenvalue weighted by molar-refractivity contribution is 6.20. The molecule has 0 aliphatic carbocycles. The number of hydrogen-bond acceptors (Lipinski definition) is 5. The molecule has 2 fully saturated rings. The summed E-state index contributed by atoms with van der Waals surface area (Å²) in [6.45, 7) is 5.12. The minimum Gasteiger partial charge on any atom is -0.444 e. The van der Waals surface area contributed by atoms with E-state index in [1.165, 1.54) is 6.20 Å². The molecule has 1 unspecified atom stereocenters. The highest BCUT2D eigenvalue weighted by atomic mass is 19.3. The number of likely N-dealkylation sites (tertiary alicyclic amines) is 2. The van der Waals surface area contributed by atoms with Crippen LogP contribution in [0.3, 0.4) is 0 Å². The molecule has 1 atom stereocenters. The number of rotatable bonds is 5. The zero-order valence-corrected chi connectivity index (χ0v) is 21.1. The number of nitrogens with zero attached hydrogens (tertiary/aromatic N) is 3. The molecule has 0 bridgehead atoms. The minimum absolute atomic E-state index is 0.102. The fourth-order valence-corrected chi connectivity index (χ4v) is 4.50. The van der Waals surface area contributed by atoms with Crippen LogP contribution in [0.25, 0.3) is 0 Å². The maximum atomic E-state index is 14.9. The molecule has 2 aliphatic heterocycles. The van der Waals surface area contributed by atoms with Crippen molar-refractivity contribution in [3.05, 3.63) is 47.7 Å². The molecule has 2 heterocycles. The Kier molecular flexibility index (Phi) is 7.87. The average molecular weight is 492 g/mol. The summed E-state index contributed by atoms with van der Waals surface area (Å²) in [7, 11) is 3.36. The summed E-state index contributed by atoms with van der Waals surface area (Å²) in [5, 5.41) is 0. The van der Waals surface area contributed by atoms with Crippen LogP contribution in [0.2, 0.25) is 0 Å². The normalized spacial score (nSPS) is 21.1. The molecule has 0 aromatic heterocycles. The molecule has 2 aliphatic rings. The zero-order chi connectivity index (χ0) is 26.0. The van der Waals surface area contributed by atoms with Crippen LogP contribution in [0, 0.1) is 5.92 Å². The fraction of sp³-hybridized carbons (Fsp3) is 0.577. The van der Waals surface area contributed by atoms with Gasteiger partial charge in [-0.05, 0) is 39.2 Å². The molecule has 0 saturated carbocycles. The fourth-order valence-electron chi connectivity index (χ4n) is 4.50. The molecular formula is C26H35F2N3O4. The van der Waals surface area contributed by atoms with Crippen LogP contribution in [-0.2, 0) is 14.3 Å². The van der Waals surface area contributed by atoms with Gasteiger partial charge in [-0.2, -0.15) is 0 Å². The Balaban J connectivity index is 1.71. The second kappa shape index (κ2) is 10.3. The van der Waals surface area contributed by atoms with Gasteiger partial charge in [0, 0.05) is 45.8 Å². The van der Waals surface area contributed by atoms with E-state index in [0.717, 1.165) is 4.90 Å². The quantitative estimate of drug-likeness (QED) is 0.355. The highest BCUT2D eigenvalue weighted by Crippen LogP contribution is 2.41. The van der Waals surface area contributed by atoms with Gasteiger partial charge in [-0.15, -0.1) is 0 Å². The van der Waals surface area contributed by atoms with Gasteiger partial charge in [-0.25, -0.2) is 13.6 Å². The standard InChI is InChI=1S/C26H35F2N3O4/c1-25(2,3)35-24(34)30-13-11-19(12-14-30)22(32)20(15-29(4)5)23(33)31-16-21(26(27,28)17-31)18-9-7-6-8-10-18/h6-10,15,19,21H,11-14,16-17H2,1-5H3. The zero-order valence-electron chi connectivity index (χ0n) is 21.1. The molecule has 35 heavy (non-hydrogen) atoms. The van der Waals surface area contributed by atoms with Crippen molar-refractivity contribution >= 4 is 17.8 Å². The third-order valence-electron chi connectivity index (χ3n) is 6.20. The van der Waals surface area contributed by atoms with Crippen molar-refractivity contribution in [3.63, 3.8) is 0 Å². The molecular weight excluding hydrogens is 456 g/mol. The van der Waals surface area contributed by atoms with Gasteiger partial charge in [0.15, 0.2) is 5.78 Å². The number of carbonyl (C=O) groups excluding carboxylic acids is 3. The summed E-state index contributed by atoms with van der Waals surface area (Å²) in [4.78, 5) is 43.3. The Morgan fingerprint density at radius 3 is 2.20 bits per heavy atom. The predicted molar refractivity (Wildman–Crippen MR) is 128 cm³/mol. The van der Waals surface area contributed by atoms with E-state index in [9.17, 15) is 23.2 Å². The molecule has 192 valence electrons. The molecule has 9 heteroatoms. The van der Waals surface area contributed by atoms with Crippen LogP contribution in [0.15, 0.2) is 42.1 Å². The average Bonchev–Trinajstić information content (AvgIpc) is 3.11. The van der Waals surface area contributed by atoms with E-state index in [4.69, 9.17) is 4.74 Å². The minimum atomic E-state index is -3.10. The van der Waals surface area contributed by atoms with Gasteiger partial charge in [0.05, 0.1) is 18.0 Å². The van der Waals surface area contributed by atoms with Gasteiger partial charge in [0.2, 0.25) is 0 Å². The number of halogens is 2. The van der Waals surface area contributed by atoms with E-state index in [1.54, 1.807) is 75.0 Å². The molecule has 3 rings (SSSR count). The van der Waals surface area contributed by atoms with Crippen LogP contribution < -0.4 is 0 Å². The lowest BCUT2D eigenvalue weighted by Gasteiger charge is -2.33. The second-order valence-electron chi connectivity index (χ2n) is 10.5. The Morgan fingerprint density at radius 2 is 1.66 bits per heavy atom. The number of Topliss-reactive ketones (excluding diaryl/α,β-unsaturated/α-hetero) is 1. The van der Waals surface area contributed by atoms with Gasteiger partial charge in [-0.1, -0.05) is 30.3 Å².